The summed E-state index contributed by atoms with van der Waals surface area (Å²) in [7, 11) is 2.57. The summed E-state index contributed by atoms with van der Waals surface area (Å²) in [5, 5.41) is 10.8. The molecule has 3 aliphatic carbocycles. The number of ether oxygens (including phenoxy) is 3. The zero-order valence-electron chi connectivity index (χ0n) is 17.8. The Morgan fingerprint density at radius 1 is 1.21 bits per heavy atom. The molecule has 0 radical (unpaired) electrons. The molecule has 3 rings (SSSR count). The summed E-state index contributed by atoms with van der Waals surface area (Å²) < 4.78 is 28.7. The Morgan fingerprint density at radius 2 is 1.86 bits per heavy atom. The average Bonchev–Trinajstić information content (AvgIpc) is 3.05. The molecular weight excluding hydrogens is 396 g/mol. The van der Waals surface area contributed by atoms with E-state index in [1.54, 1.807) is 6.08 Å². The van der Waals surface area contributed by atoms with Crippen molar-refractivity contribution in [2.24, 2.45) is 28.6 Å². The minimum absolute atomic E-state index is 0.0890. The first-order chi connectivity index (χ1) is 13.6. The summed E-state index contributed by atoms with van der Waals surface area (Å²) >= 11 is 0. The molecule has 0 aromatic rings. The molecule has 1 unspecified atom stereocenters. The second-order valence-corrected chi connectivity index (χ2v) is 10.6. The lowest BCUT2D eigenvalue weighted by atomic mass is 9.70. The van der Waals surface area contributed by atoms with Crippen molar-refractivity contribution in [3.8, 4) is 0 Å². The van der Waals surface area contributed by atoms with Crippen molar-refractivity contribution in [2.75, 3.05) is 27.1 Å². The standard InChI is InChI=1S/C21H32O7S/c1-20(2)12-6-7-21(20,16(22)8-12)11-29(25)13-9-14(18(23)27-4)17(19(24)28-5)15(10-13)26-3/h10,12,14-17,22H,6-9,11H2,1-5H3/t12-,14+,15-,16-,17+,21-,29?/m1/s1. The van der Waals surface area contributed by atoms with Crippen LogP contribution < -0.4 is 0 Å². The van der Waals surface area contributed by atoms with Crippen LogP contribution in [-0.2, 0) is 34.6 Å². The van der Waals surface area contributed by atoms with Gasteiger partial charge in [0, 0.05) is 34.0 Å². The number of aliphatic hydroxyl groups is 1. The second-order valence-electron chi connectivity index (χ2n) is 9.07. The Bertz CT molecular complexity index is 731. The van der Waals surface area contributed by atoms with Gasteiger partial charge in [-0.15, -0.1) is 0 Å². The van der Waals surface area contributed by atoms with E-state index >= 15 is 0 Å². The minimum Gasteiger partial charge on any atom is -0.469 e. The van der Waals surface area contributed by atoms with Crippen LogP contribution in [0, 0.1) is 28.6 Å². The Balaban J connectivity index is 1.89. The molecule has 164 valence electrons. The van der Waals surface area contributed by atoms with Crippen LogP contribution in [0.15, 0.2) is 11.0 Å². The van der Waals surface area contributed by atoms with E-state index in [0.717, 1.165) is 19.3 Å². The van der Waals surface area contributed by atoms with E-state index in [-0.39, 0.29) is 11.8 Å². The molecule has 7 atom stereocenters. The molecule has 2 saturated carbocycles. The summed E-state index contributed by atoms with van der Waals surface area (Å²) in [6.07, 6.45) is 3.28. The van der Waals surface area contributed by atoms with Crippen molar-refractivity contribution in [3.63, 3.8) is 0 Å². The molecule has 0 heterocycles. The van der Waals surface area contributed by atoms with Crippen LogP contribution in [-0.4, -0.2) is 60.5 Å². The second kappa shape index (κ2) is 8.12. The topological polar surface area (TPSA) is 99.1 Å². The van der Waals surface area contributed by atoms with E-state index < -0.39 is 52.2 Å². The van der Waals surface area contributed by atoms with Crippen LogP contribution in [0.1, 0.15) is 39.5 Å². The van der Waals surface area contributed by atoms with E-state index in [0.29, 0.717) is 16.6 Å². The molecule has 2 fully saturated rings. The monoisotopic (exact) mass is 428 g/mol. The third-order valence-corrected chi connectivity index (χ3v) is 9.54. The first-order valence-electron chi connectivity index (χ1n) is 10.1. The summed E-state index contributed by atoms with van der Waals surface area (Å²) in [5.41, 5.74) is -0.486. The van der Waals surface area contributed by atoms with Crippen molar-refractivity contribution in [1.82, 2.24) is 0 Å². The highest BCUT2D eigenvalue weighted by molar-refractivity contribution is 7.89. The Hall–Kier alpha value is -1.25. The number of aliphatic hydroxyl groups excluding tert-OH is 1. The number of carbonyl (C=O) groups excluding carboxylic acids is 2. The highest BCUT2D eigenvalue weighted by Crippen LogP contribution is 2.66. The fourth-order valence-corrected chi connectivity index (χ4v) is 7.85. The largest absolute Gasteiger partial charge is 0.469 e. The number of rotatable bonds is 6. The predicted molar refractivity (Wildman–Crippen MR) is 107 cm³/mol. The van der Waals surface area contributed by atoms with Crippen LogP contribution in [0.5, 0.6) is 0 Å². The van der Waals surface area contributed by atoms with Crippen LogP contribution in [0.3, 0.4) is 0 Å². The van der Waals surface area contributed by atoms with E-state index in [2.05, 4.69) is 13.8 Å². The highest BCUT2D eigenvalue weighted by Gasteiger charge is 2.64. The maximum atomic E-state index is 13.4. The molecule has 8 heteroatoms. The molecule has 0 aromatic heterocycles. The van der Waals surface area contributed by atoms with Crippen molar-refractivity contribution in [3.05, 3.63) is 11.0 Å². The molecule has 0 aromatic carbocycles. The molecule has 1 N–H and O–H groups in total. The summed E-state index contributed by atoms with van der Waals surface area (Å²) in [4.78, 5) is 25.3. The third-order valence-electron chi connectivity index (χ3n) is 7.88. The van der Waals surface area contributed by atoms with E-state index in [1.165, 1.54) is 21.3 Å². The van der Waals surface area contributed by atoms with Gasteiger partial charge in [0.05, 0.1) is 32.3 Å². The van der Waals surface area contributed by atoms with Gasteiger partial charge in [-0.05, 0) is 43.1 Å². The van der Waals surface area contributed by atoms with Gasteiger partial charge >= 0.3 is 11.9 Å². The van der Waals surface area contributed by atoms with Gasteiger partial charge in [-0.25, -0.2) is 0 Å². The Morgan fingerprint density at radius 3 is 2.34 bits per heavy atom. The normalized spacial score (nSPS) is 39.0. The highest BCUT2D eigenvalue weighted by atomic mass is 32.2. The van der Waals surface area contributed by atoms with Crippen LogP contribution in [0.2, 0.25) is 0 Å². The van der Waals surface area contributed by atoms with Gasteiger partial charge in [0.1, 0.15) is 5.92 Å². The SMILES string of the molecule is COC(=O)[C@H]1[C@@H](C(=O)OC)CC(S(=O)C[C@]23CC[C@H](C[C@H]2O)C3(C)C)=C[C@H]1OC. The number of fused-ring (bicyclic) bond motifs is 2. The minimum atomic E-state index is -1.41. The molecule has 0 saturated heterocycles. The van der Waals surface area contributed by atoms with Crippen molar-refractivity contribution in [2.45, 2.75) is 51.7 Å². The van der Waals surface area contributed by atoms with Crippen molar-refractivity contribution >= 4 is 22.7 Å². The van der Waals surface area contributed by atoms with Crippen LogP contribution in [0.4, 0.5) is 0 Å². The van der Waals surface area contributed by atoms with E-state index in [4.69, 9.17) is 14.2 Å². The zero-order valence-corrected chi connectivity index (χ0v) is 18.6. The van der Waals surface area contributed by atoms with Gasteiger partial charge in [-0.2, -0.15) is 0 Å². The first-order valence-corrected chi connectivity index (χ1v) is 11.4. The molecule has 7 nitrogen and oxygen atoms in total. The number of allylic oxidation sites excluding steroid dienone is 1. The smallest absolute Gasteiger partial charge is 0.312 e. The molecule has 0 amide bonds. The number of methoxy groups -OCH3 is 3. The molecule has 0 aliphatic heterocycles. The van der Waals surface area contributed by atoms with E-state index in [1.807, 2.05) is 0 Å². The lowest BCUT2D eigenvalue weighted by molar-refractivity contribution is -0.162. The van der Waals surface area contributed by atoms with Gasteiger partial charge in [0.15, 0.2) is 0 Å². The fraction of sp³-hybridized carbons (Fsp3) is 0.810. The average molecular weight is 429 g/mol. The molecule has 29 heavy (non-hydrogen) atoms. The van der Waals surface area contributed by atoms with Crippen molar-refractivity contribution in [1.29, 1.82) is 0 Å². The third kappa shape index (κ3) is 3.47. The lowest BCUT2D eigenvalue weighted by Crippen LogP contribution is -2.45. The quantitative estimate of drug-likeness (QED) is 0.644. The molecule has 0 spiro atoms. The molecule has 2 bridgehead atoms. The Labute approximate surface area is 174 Å². The van der Waals surface area contributed by atoms with Gasteiger partial charge in [-0.3, -0.25) is 13.8 Å². The number of hydrogen-bond donors (Lipinski definition) is 1. The number of carbonyl (C=O) groups is 2. The summed E-state index contributed by atoms with van der Waals surface area (Å²) in [6, 6.07) is 0. The molecular formula is C21H32O7S. The number of hydrogen-bond acceptors (Lipinski definition) is 7. The zero-order chi connectivity index (χ0) is 21.6. The van der Waals surface area contributed by atoms with Crippen molar-refractivity contribution < 1.29 is 33.1 Å². The fourth-order valence-electron chi connectivity index (χ4n) is 5.83. The molecule has 3 aliphatic rings. The van der Waals surface area contributed by atoms with Crippen LogP contribution >= 0.6 is 0 Å². The van der Waals surface area contributed by atoms with Crippen LogP contribution in [0.25, 0.3) is 0 Å². The predicted octanol–water partition coefficient (Wildman–Crippen LogP) is 1.80. The van der Waals surface area contributed by atoms with E-state index in [9.17, 15) is 18.9 Å². The lowest BCUT2D eigenvalue weighted by Gasteiger charge is -2.41. The maximum absolute atomic E-state index is 13.4. The summed E-state index contributed by atoms with van der Waals surface area (Å²) in [5.74, 6) is -2.00. The van der Waals surface area contributed by atoms with Gasteiger partial charge in [0.2, 0.25) is 0 Å². The Kier molecular flexibility index (Phi) is 6.28. The van der Waals surface area contributed by atoms with Gasteiger partial charge in [-0.1, -0.05) is 13.8 Å². The van der Waals surface area contributed by atoms with Gasteiger partial charge in [0.25, 0.3) is 0 Å². The first kappa shape index (κ1) is 22.4. The van der Waals surface area contributed by atoms with Gasteiger partial charge < -0.3 is 19.3 Å². The summed E-state index contributed by atoms with van der Waals surface area (Å²) in [6.45, 7) is 4.33. The maximum Gasteiger partial charge on any atom is 0.312 e. The number of esters is 2.